The predicted molar refractivity (Wildman–Crippen MR) is 243 cm³/mol. The highest BCUT2D eigenvalue weighted by Crippen LogP contribution is 2.38. The van der Waals surface area contributed by atoms with E-state index in [0.717, 1.165) is 57.2 Å². The first-order valence-corrected chi connectivity index (χ1v) is 22.9. The Hall–Kier alpha value is -6.38. The van der Waals surface area contributed by atoms with Gasteiger partial charge >= 0.3 is 5.97 Å². The number of amides is 1. The van der Waals surface area contributed by atoms with Crippen molar-refractivity contribution in [2.24, 2.45) is 11.8 Å². The van der Waals surface area contributed by atoms with Gasteiger partial charge in [-0.25, -0.2) is 14.8 Å². The van der Waals surface area contributed by atoms with E-state index in [1.54, 1.807) is 35.3 Å². The third-order valence-electron chi connectivity index (χ3n) is 13.8. The van der Waals surface area contributed by atoms with Gasteiger partial charge in [-0.3, -0.25) is 14.4 Å². The van der Waals surface area contributed by atoms with Crippen molar-refractivity contribution in [1.29, 1.82) is 0 Å². The molecule has 8 heterocycles. The van der Waals surface area contributed by atoms with Crippen LogP contribution >= 0.6 is 0 Å². The smallest absolute Gasteiger partial charge is 0.341 e. The molecule has 336 valence electrons. The Labute approximate surface area is 375 Å². The average Bonchev–Trinajstić information content (AvgIpc) is 3.93. The van der Waals surface area contributed by atoms with Gasteiger partial charge < -0.3 is 38.1 Å². The fraction of sp³-hybridized carbons (Fsp3) is 0.412. The van der Waals surface area contributed by atoms with Gasteiger partial charge in [0.1, 0.15) is 46.1 Å². The molecule has 0 spiro atoms. The SMILES string of the molecule is C1OCC2CC1C2.CCn1cc(C(=O)N2C3COCC2C3)c(=O)c2cc(OC3Cc4ccccc4C3)cnc21.CCn1cc(C(=O)O)c(=O)c2cc(OC3Cc4ccccc4C3)cnc21. The summed E-state index contributed by atoms with van der Waals surface area (Å²) in [5.41, 5.74) is 5.30. The first-order valence-electron chi connectivity index (χ1n) is 22.9. The molecule has 4 aliphatic heterocycles. The topological polar surface area (TPSA) is 164 Å². The van der Waals surface area contributed by atoms with Crippen molar-refractivity contribution >= 4 is 33.9 Å². The monoisotopic (exact) mass is 879 g/mol. The number of fused-ring (bicyclic) bond motifs is 8. The Kier molecular flexibility index (Phi) is 11.7. The van der Waals surface area contributed by atoms with Gasteiger partial charge in [-0.05, 0) is 79.3 Å². The van der Waals surface area contributed by atoms with Gasteiger partial charge in [-0.1, -0.05) is 48.5 Å². The summed E-state index contributed by atoms with van der Waals surface area (Å²) in [5.74, 6) is 1.52. The summed E-state index contributed by atoms with van der Waals surface area (Å²) in [5, 5.41) is 9.97. The third-order valence-corrected chi connectivity index (χ3v) is 13.8. The highest BCUT2D eigenvalue weighted by molar-refractivity contribution is 5.98. The summed E-state index contributed by atoms with van der Waals surface area (Å²) in [7, 11) is 0. The van der Waals surface area contributed by atoms with Gasteiger partial charge in [0.2, 0.25) is 10.9 Å². The van der Waals surface area contributed by atoms with Crippen molar-refractivity contribution in [1.82, 2.24) is 24.0 Å². The van der Waals surface area contributed by atoms with Crippen LogP contribution in [0.2, 0.25) is 0 Å². The molecule has 4 bridgehead atoms. The quantitative estimate of drug-likeness (QED) is 0.183. The third kappa shape index (κ3) is 8.41. The number of nitrogens with zero attached hydrogens (tertiary/aromatic N) is 5. The molecule has 6 aromatic rings. The highest BCUT2D eigenvalue weighted by atomic mass is 16.5. The summed E-state index contributed by atoms with van der Waals surface area (Å²) in [6.07, 6.45) is 13.4. The Balaban J connectivity index is 0.000000135. The molecule has 3 aliphatic carbocycles. The number of carbonyl (C=O) groups excluding carboxylic acids is 1. The summed E-state index contributed by atoms with van der Waals surface area (Å²) in [6.45, 7) is 8.17. The summed E-state index contributed by atoms with van der Waals surface area (Å²) >= 11 is 0. The number of carbonyl (C=O) groups is 2. The largest absolute Gasteiger partial charge is 0.488 e. The van der Waals surface area contributed by atoms with E-state index < -0.39 is 11.4 Å². The van der Waals surface area contributed by atoms with Gasteiger partial charge in [0.25, 0.3) is 5.91 Å². The van der Waals surface area contributed by atoms with E-state index in [4.69, 9.17) is 18.9 Å². The number of ether oxygens (including phenoxy) is 4. The van der Waals surface area contributed by atoms with E-state index in [2.05, 4.69) is 34.2 Å². The molecule has 1 N–H and O–H groups in total. The summed E-state index contributed by atoms with van der Waals surface area (Å²) < 4.78 is 26.5. The van der Waals surface area contributed by atoms with E-state index in [1.807, 2.05) is 47.6 Å². The van der Waals surface area contributed by atoms with Crippen LogP contribution in [0.1, 0.15) is 76.1 Å². The van der Waals surface area contributed by atoms with Crippen LogP contribution in [0, 0.1) is 11.8 Å². The van der Waals surface area contributed by atoms with Crippen LogP contribution in [-0.2, 0) is 48.2 Å². The number of hydrogen-bond donors (Lipinski definition) is 1. The second-order valence-electron chi connectivity index (χ2n) is 18.1. The zero-order valence-corrected chi connectivity index (χ0v) is 36.7. The van der Waals surface area contributed by atoms with Crippen LogP contribution in [0.25, 0.3) is 22.1 Å². The lowest BCUT2D eigenvalue weighted by Crippen LogP contribution is -2.66. The standard InChI is InChI=1S/C25H25N3O4.C20H18N2O4.C6H10O/c1-2-27-12-22(25(30)28-17-9-18(28)14-31-13-17)23(29)21-10-20(11-26-24(21)27)32-19-7-15-5-3-4-6-16(15)8-19;1-2-22-11-17(20(24)25)18(23)16-9-15(10-21-19(16)22)26-14-7-12-5-3-4-6-13(12)8-14;1-5-2-6(1)4-7-3-5/h3-6,10-12,17-19H,2,7-9,13-14H2,1H3;3-6,9-11,14H,2,7-8H2,1H3,(H,24,25);5-6H,1-4H2. The molecule has 0 radical (unpaired) electrons. The number of benzene rings is 2. The minimum absolute atomic E-state index is 0.0114. The maximum absolute atomic E-state index is 13.4. The van der Waals surface area contributed by atoms with Crippen LogP contribution in [0.4, 0.5) is 0 Å². The van der Waals surface area contributed by atoms with Crippen molar-refractivity contribution in [3.8, 4) is 11.5 Å². The van der Waals surface area contributed by atoms with Crippen LogP contribution in [-0.4, -0.2) is 91.7 Å². The average molecular weight is 880 g/mol. The molecule has 4 saturated heterocycles. The molecule has 14 nitrogen and oxygen atoms in total. The number of aromatic carboxylic acids is 1. The Morgan fingerprint density at radius 3 is 1.46 bits per heavy atom. The Bertz CT molecular complexity index is 2850. The van der Waals surface area contributed by atoms with Crippen molar-refractivity contribution in [2.45, 2.75) is 96.2 Å². The van der Waals surface area contributed by atoms with Gasteiger partial charge in [0, 0.05) is 64.4 Å². The minimum Gasteiger partial charge on any atom is -0.488 e. The fourth-order valence-electron chi connectivity index (χ4n) is 10.4. The molecular weight excluding hydrogens is 827 g/mol. The van der Waals surface area contributed by atoms with Crippen LogP contribution in [0.3, 0.4) is 0 Å². The number of rotatable bonds is 8. The van der Waals surface area contributed by atoms with Gasteiger partial charge in [0.05, 0.1) is 48.5 Å². The summed E-state index contributed by atoms with van der Waals surface area (Å²) in [4.78, 5) is 61.2. The zero-order chi connectivity index (χ0) is 44.8. The van der Waals surface area contributed by atoms with Crippen molar-refractivity contribution < 1.29 is 33.6 Å². The number of morpholine rings is 1. The van der Waals surface area contributed by atoms with E-state index in [0.29, 0.717) is 54.5 Å². The molecule has 65 heavy (non-hydrogen) atoms. The number of aryl methyl sites for hydroxylation is 2. The van der Waals surface area contributed by atoms with E-state index in [-0.39, 0.29) is 52.1 Å². The van der Waals surface area contributed by atoms with E-state index >= 15 is 0 Å². The van der Waals surface area contributed by atoms with Crippen molar-refractivity contribution in [3.05, 3.63) is 139 Å². The molecule has 2 aromatic carbocycles. The molecule has 2 atom stereocenters. The van der Waals surface area contributed by atoms with E-state index in [9.17, 15) is 24.3 Å². The maximum Gasteiger partial charge on any atom is 0.341 e. The second kappa shape index (κ2) is 17.9. The van der Waals surface area contributed by atoms with Crippen LogP contribution in [0.15, 0.2) is 95.0 Å². The molecule has 5 fully saturated rings. The van der Waals surface area contributed by atoms with E-state index in [1.165, 1.54) is 41.3 Å². The Morgan fingerprint density at radius 2 is 1.08 bits per heavy atom. The van der Waals surface area contributed by atoms with Crippen molar-refractivity contribution in [3.63, 3.8) is 0 Å². The van der Waals surface area contributed by atoms with Gasteiger partial charge in [-0.15, -0.1) is 0 Å². The van der Waals surface area contributed by atoms with Gasteiger partial charge in [0.15, 0.2) is 0 Å². The number of carboxylic acid groups (broad SMARTS) is 1. The number of carboxylic acids is 1. The molecule has 13 rings (SSSR count). The maximum atomic E-state index is 13.4. The lowest BCUT2D eigenvalue weighted by atomic mass is 9.74. The molecule has 1 amide bonds. The highest BCUT2D eigenvalue weighted by Gasteiger charge is 2.46. The first-order chi connectivity index (χ1) is 31.6. The van der Waals surface area contributed by atoms with Crippen LogP contribution < -0.4 is 20.3 Å². The lowest BCUT2D eigenvalue weighted by Gasteiger charge is -2.52. The Morgan fingerprint density at radius 1 is 0.646 bits per heavy atom. The number of pyridine rings is 4. The molecular formula is C51H53N5O9. The molecule has 1 saturated carbocycles. The minimum atomic E-state index is -1.24. The zero-order valence-electron chi connectivity index (χ0n) is 36.7. The first kappa shape index (κ1) is 42.6. The van der Waals surface area contributed by atoms with Gasteiger partial charge in [-0.2, -0.15) is 0 Å². The predicted octanol–water partition coefficient (Wildman–Crippen LogP) is 6.28. The molecule has 14 heteroatoms. The fourth-order valence-corrected chi connectivity index (χ4v) is 10.4. The molecule has 7 aliphatic rings. The molecule has 4 aromatic heterocycles. The number of aromatic nitrogens is 4. The molecule has 2 unspecified atom stereocenters. The van der Waals surface area contributed by atoms with Crippen LogP contribution in [0.5, 0.6) is 11.5 Å². The summed E-state index contributed by atoms with van der Waals surface area (Å²) in [6, 6.07) is 20.1. The number of hydrogen-bond acceptors (Lipinski definition) is 10. The van der Waals surface area contributed by atoms with Crippen molar-refractivity contribution in [2.75, 3.05) is 26.4 Å². The normalized spacial score (nSPS) is 21.5. The second-order valence-corrected chi connectivity index (χ2v) is 18.1. The lowest BCUT2D eigenvalue weighted by molar-refractivity contribution is -0.104.